The fourth-order valence-electron chi connectivity index (χ4n) is 4.62. The summed E-state index contributed by atoms with van der Waals surface area (Å²) in [7, 11) is 0.235. The Morgan fingerprint density at radius 3 is 2.82 bits per heavy atom. The van der Waals surface area contributed by atoms with Crippen molar-refractivity contribution in [3.8, 4) is 11.6 Å². The van der Waals surface area contributed by atoms with E-state index >= 15 is 0 Å². The number of benzene rings is 1. The van der Waals surface area contributed by atoms with Crippen molar-refractivity contribution in [2.24, 2.45) is 0 Å². The second-order valence-corrected chi connectivity index (χ2v) is 16.5. The van der Waals surface area contributed by atoms with Gasteiger partial charge >= 0.3 is 5.69 Å². The molecule has 5 rings (SSSR count). The number of fused-ring (bicyclic) bond motifs is 2. The minimum absolute atomic E-state index is 0.0673. The molecule has 0 saturated carbocycles. The van der Waals surface area contributed by atoms with Gasteiger partial charge in [0.05, 0.1) is 26.0 Å². The average molecular weight is 553 g/mol. The van der Waals surface area contributed by atoms with Crippen LogP contribution in [0.25, 0.3) is 11.2 Å². The molecular formula is C27H33FN6O4Si. The molecule has 0 amide bonds. The molecule has 206 valence electrons. The summed E-state index contributed by atoms with van der Waals surface area (Å²) in [6.07, 6.45) is 3.79. The Morgan fingerprint density at radius 1 is 1.23 bits per heavy atom. The van der Waals surface area contributed by atoms with Crippen LogP contribution in [0.5, 0.6) is 11.6 Å². The van der Waals surface area contributed by atoms with Crippen LogP contribution in [-0.4, -0.2) is 52.5 Å². The number of halogens is 1. The highest BCUT2D eigenvalue weighted by molar-refractivity contribution is 6.76. The molecule has 4 heterocycles. The number of hydrogen-bond acceptors (Lipinski definition) is 8. The molecule has 0 unspecified atom stereocenters. The lowest BCUT2D eigenvalue weighted by atomic mass is 10.00. The number of aryl methyl sites for hydroxylation is 1. The van der Waals surface area contributed by atoms with Crippen molar-refractivity contribution in [1.29, 1.82) is 0 Å². The molecule has 0 spiro atoms. The zero-order valence-corrected chi connectivity index (χ0v) is 23.8. The second kappa shape index (κ2) is 10.8. The van der Waals surface area contributed by atoms with Crippen LogP contribution in [0.3, 0.4) is 0 Å². The number of ether oxygens (including phenoxy) is 3. The maximum atomic E-state index is 14.6. The van der Waals surface area contributed by atoms with E-state index in [1.54, 1.807) is 29.1 Å². The van der Waals surface area contributed by atoms with Gasteiger partial charge in [0, 0.05) is 32.9 Å². The summed E-state index contributed by atoms with van der Waals surface area (Å²) in [5, 5.41) is 3.17. The van der Waals surface area contributed by atoms with Gasteiger partial charge in [-0.05, 0) is 30.7 Å². The van der Waals surface area contributed by atoms with Gasteiger partial charge < -0.3 is 19.5 Å². The van der Waals surface area contributed by atoms with Gasteiger partial charge in [0.1, 0.15) is 17.9 Å². The van der Waals surface area contributed by atoms with Crippen molar-refractivity contribution in [2.75, 3.05) is 25.6 Å². The van der Waals surface area contributed by atoms with Crippen LogP contribution in [-0.2, 0) is 11.5 Å². The summed E-state index contributed by atoms with van der Waals surface area (Å²) in [6.45, 7) is 9.64. The van der Waals surface area contributed by atoms with E-state index in [1.165, 1.54) is 17.7 Å². The van der Waals surface area contributed by atoms with E-state index in [0.29, 0.717) is 41.3 Å². The summed E-state index contributed by atoms with van der Waals surface area (Å²) >= 11 is 0. The maximum absolute atomic E-state index is 14.6. The fraction of sp³-hybridized carbons (Fsp3) is 0.407. The molecular weight excluding hydrogens is 519 g/mol. The van der Waals surface area contributed by atoms with E-state index < -0.39 is 19.9 Å². The van der Waals surface area contributed by atoms with Crippen LogP contribution in [0.1, 0.15) is 23.6 Å². The number of imidazole rings is 1. The van der Waals surface area contributed by atoms with E-state index in [9.17, 15) is 9.18 Å². The highest BCUT2D eigenvalue weighted by Crippen LogP contribution is 2.37. The normalized spacial score (nSPS) is 15.2. The number of rotatable bonds is 9. The van der Waals surface area contributed by atoms with Crippen molar-refractivity contribution in [2.45, 2.75) is 51.8 Å². The molecule has 0 fully saturated rings. The topological polar surface area (TPSA) is 105 Å². The number of nitrogens with zero attached hydrogens (tertiary/aromatic N) is 5. The first-order chi connectivity index (χ1) is 18.7. The molecule has 1 aliphatic heterocycles. The average Bonchev–Trinajstić information content (AvgIpc) is 3.16. The third-order valence-electron chi connectivity index (χ3n) is 6.66. The third-order valence-corrected chi connectivity index (χ3v) is 8.36. The Morgan fingerprint density at radius 2 is 2.05 bits per heavy atom. The molecule has 4 aromatic rings. The van der Waals surface area contributed by atoms with E-state index in [2.05, 4.69) is 34.9 Å². The van der Waals surface area contributed by atoms with E-state index in [1.807, 2.05) is 13.0 Å². The van der Waals surface area contributed by atoms with Gasteiger partial charge in [0.25, 0.3) is 0 Å². The third kappa shape index (κ3) is 5.52. The Labute approximate surface area is 226 Å². The molecule has 3 aromatic heterocycles. The molecule has 1 aliphatic rings. The molecule has 10 nitrogen and oxygen atoms in total. The first kappa shape index (κ1) is 26.8. The van der Waals surface area contributed by atoms with Gasteiger partial charge in [0.15, 0.2) is 17.2 Å². The van der Waals surface area contributed by atoms with Gasteiger partial charge in [-0.2, -0.15) is 4.98 Å². The first-order valence-corrected chi connectivity index (χ1v) is 16.6. The minimum atomic E-state index is -1.30. The zero-order chi connectivity index (χ0) is 27.7. The predicted octanol–water partition coefficient (Wildman–Crippen LogP) is 4.87. The number of anilines is 2. The molecule has 12 heteroatoms. The molecule has 1 aromatic carbocycles. The Bertz CT molecular complexity index is 1560. The van der Waals surface area contributed by atoms with Crippen LogP contribution >= 0.6 is 0 Å². The van der Waals surface area contributed by atoms with Crippen molar-refractivity contribution < 1.29 is 18.6 Å². The summed E-state index contributed by atoms with van der Waals surface area (Å²) in [5.74, 6) is 0.366. The maximum Gasteiger partial charge on any atom is 0.332 e. The number of methoxy groups -OCH3 is 1. The smallest absolute Gasteiger partial charge is 0.332 e. The first-order valence-electron chi connectivity index (χ1n) is 12.9. The summed E-state index contributed by atoms with van der Waals surface area (Å²) in [4.78, 5) is 27.4. The van der Waals surface area contributed by atoms with Crippen LogP contribution in [0.4, 0.5) is 16.0 Å². The zero-order valence-electron chi connectivity index (χ0n) is 22.8. The summed E-state index contributed by atoms with van der Waals surface area (Å²) < 4.78 is 34.7. The van der Waals surface area contributed by atoms with Crippen LogP contribution in [0.15, 0.2) is 41.5 Å². The number of para-hydroxylation sites is 1. The summed E-state index contributed by atoms with van der Waals surface area (Å²) in [6, 6.07) is 7.14. The van der Waals surface area contributed by atoms with E-state index in [-0.39, 0.29) is 30.7 Å². The van der Waals surface area contributed by atoms with Crippen molar-refractivity contribution in [3.63, 3.8) is 0 Å². The Balaban J connectivity index is 1.59. The molecule has 0 bridgehead atoms. The molecule has 1 atom stereocenters. The van der Waals surface area contributed by atoms with Crippen LogP contribution in [0, 0.1) is 12.7 Å². The quantitative estimate of drug-likeness (QED) is 0.232. The fourth-order valence-corrected chi connectivity index (χ4v) is 5.38. The Hall–Kier alpha value is -3.77. The molecule has 39 heavy (non-hydrogen) atoms. The van der Waals surface area contributed by atoms with Gasteiger partial charge in [0.2, 0.25) is 11.8 Å². The van der Waals surface area contributed by atoms with Crippen LogP contribution in [0.2, 0.25) is 25.7 Å². The number of nitrogens with one attached hydrogen (secondary N) is 1. The highest BCUT2D eigenvalue weighted by Gasteiger charge is 2.30. The van der Waals surface area contributed by atoms with E-state index in [4.69, 9.17) is 19.2 Å². The van der Waals surface area contributed by atoms with Crippen molar-refractivity contribution >= 4 is 30.9 Å². The largest absolute Gasteiger partial charge is 0.490 e. The lowest BCUT2D eigenvalue weighted by molar-refractivity contribution is 0.0868. The second-order valence-electron chi connectivity index (χ2n) is 10.8. The molecule has 0 saturated heterocycles. The van der Waals surface area contributed by atoms with Crippen molar-refractivity contribution in [3.05, 3.63) is 64.1 Å². The number of hydrogen-bond donors (Lipinski definition) is 1. The predicted molar refractivity (Wildman–Crippen MR) is 149 cm³/mol. The SMILES string of the molecule is COc1ncc(C)cc1Nc1ncc2c(n1)n([C@@H]1CCOc3c(F)cccc31)c(=O)n2COCC[Si](C)(C)C. The lowest BCUT2D eigenvalue weighted by Gasteiger charge is -2.26. The standard InChI is InChI=1S/C27H33FN6O4Si/c1-17-13-20(25(36-2)29-14-17)31-26-30-15-22-24(32-26)34(27(35)33(22)16-37-11-12-39(3,4)5)21-9-10-38-23-18(21)7-6-8-19(23)28/h6-8,13-15,21H,9-12,16H2,1-5H3,(H,30,31,32)/t21-/m1/s1. The molecule has 0 radical (unpaired) electrons. The van der Waals surface area contributed by atoms with Gasteiger partial charge in [-0.25, -0.2) is 19.2 Å². The lowest BCUT2D eigenvalue weighted by Crippen LogP contribution is -2.32. The monoisotopic (exact) mass is 552 g/mol. The highest BCUT2D eigenvalue weighted by atomic mass is 28.3. The Kier molecular flexibility index (Phi) is 7.41. The molecule has 0 aliphatic carbocycles. The van der Waals surface area contributed by atoms with Crippen LogP contribution < -0.4 is 20.5 Å². The van der Waals surface area contributed by atoms with Gasteiger partial charge in [-0.1, -0.05) is 31.8 Å². The van der Waals surface area contributed by atoms with Crippen molar-refractivity contribution in [1.82, 2.24) is 24.1 Å². The number of pyridine rings is 1. The van der Waals surface area contributed by atoms with Gasteiger partial charge in [-0.3, -0.25) is 9.13 Å². The minimum Gasteiger partial charge on any atom is -0.490 e. The summed E-state index contributed by atoms with van der Waals surface area (Å²) in [5.41, 5.74) is 2.75. The van der Waals surface area contributed by atoms with Gasteiger partial charge in [-0.15, -0.1) is 0 Å². The molecule has 1 N–H and O–H groups in total. The van der Waals surface area contributed by atoms with E-state index in [0.717, 1.165) is 11.6 Å². The number of aromatic nitrogens is 5.